The minimum absolute atomic E-state index is 0.0843. The summed E-state index contributed by atoms with van der Waals surface area (Å²) in [4.78, 5) is 30.0. The molecule has 0 atom stereocenters. The number of aliphatic hydroxyl groups is 1. The van der Waals surface area contributed by atoms with Gasteiger partial charge in [-0.05, 0) is 90.2 Å². The van der Waals surface area contributed by atoms with Crippen LogP contribution < -0.4 is 16.6 Å². The lowest BCUT2D eigenvalue weighted by Crippen LogP contribution is -2.38. The maximum Gasteiger partial charge on any atom is 0.258 e. The van der Waals surface area contributed by atoms with Gasteiger partial charge in [-0.3, -0.25) is 9.59 Å². The number of nitrogens with zero attached hydrogens (tertiary/aromatic N) is 2. The van der Waals surface area contributed by atoms with Gasteiger partial charge in [0.15, 0.2) is 0 Å². The summed E-state index contributed by atoms with van der Waals surface area (Å²) in [6.07, 6.45) is 6.20. The predicted molar refractivity (Wildman–Crippen MR) is 137 cm³/mol. The van der Waals surface area contributed by atoms with E-state index >= 15 is 0 Å². The molecule has 1 saturated carbocycles. The SMILES string of the molecule is Nc1cc(-c2ccc3c(=O)n(Cc4cccc(C(=O)NC5CCC(O)CC5)c4)ccc3c2)ccn1. The first-order valence-electron chi connectivity index (χ1n) is 11.9. The number of carbonyl (C=O) groups is 1. The van der Waals surface area contributed by atoms with Gasteiger partial charge in [0.25, 0.3) is 11.5 Å². The number of hydrogen-bond acceptors (Lipinski definition) is 5. The van der Waals surface area contributed by atoms with Crippen LogP contribution in [0.4, 0.5) is 5.82 Å². The van der Waals surface area contributed by atoms with E-state index in [2.05, 4.69) is 10.3 Å². The fraction of sp³-hybridized carbons (Fsp3) is 0.250. The summed E-state index contributed by atoms with van der Waals surface area (Å²) >= 11 is 0. The number of nitrogens with one attached hydrogen (secondary N) is 1. The monoisotopic (exact) mass is 468 g/mol. The van der Waals surface area contributed by atoms with E-state index in [0.29, 0.717) is 36.2 Å². The number of aromatic nitrogens is 2. The molecule has 4 aromatic rings. The van der Waals surface area contributed by atoms with Gasteiger partial charge in [0.05, 0.1) is 12.6 Å². The predicted octanol–water partition coefficient (Wildman–Crippen LogP) is 3.73. The maximum atomic E-state index is 13.2. The molecule has 1 amide bonds. The normalized spacial score (nSPS) is 17.9. The summed E-state index contributed by atoms with van der Waals surface area (Å²) in [5.41, 5.74) is 9.09. The minimum atomic E-state index is -0.257. The Morgan fingerprint density at radius 1 is 1.03 bits per heavy atom. The van der Waals surface area contributed by atoms with Crippen molar-refractivity contribution in [1.82, 2.24) is 14.9 Å². The Kier molecular flexibility index (Phi) is 6.33. The van der Waals surface area contributed by atoms with E-state index < -0.39 is 0 Å². The highest BCUT2D eigenvalue weighted by Crippen LogP contribution is 2.24. The van der Waals surface area contributed by atoms with E-state index in [-0.39, 0.29) is 23.6 Å². The van der Waals surface area contributed by atoms with Crippen molar-refractivity contribution in [2.24, 2.45) is 0 Å². The van der Waals surface area contributed by atoms with Crippen molar-refractivity contribution in [3.63, 3.8) is 0 Å². The Hall–Kier alpha value is -3.97. The van der Waals surface area contributed by atoms with E-state index in [1.54, 1.807) is 23.0 Å². The molecule has 0 radical (unpaired) electrons. The minimum Gasteiger partial charge on any atom is -0.393 e. The fourth-order valence-corrected chi connectivity index (χ4v) is 4.72. The first kappa shape index (κ1) is 22.8. The van der Waals surface area contributed by atoms with Crippen molar-refractivity contribution < 1.29 is 9.90 Å². The Morgan fingerprint density at radius 2 is 1.83 bits per heavy atom. The summed E-state index contributed by atoms with van der Waals surface area (Å²) in [6.45, 7) is 0.369. The molecule has 35 heavy (non-hydrogen) atoms. The van der Waals surface area contributed by atoms with E-state index in [9.17, 15) is 14.7 Å². The lowest BCUT2D eigenvalue weighted by atomic mass is 9.93. The van der Waals surface area contributed by atoms with Crippen LogP contribution in [0, 0.1) is 0 Å². The van der Waals surface area contributed by atoms with Gasteiger partial charge >= 0.3 is 0 Å². The lowest BCUT2D eigenvalue weighted by Gasteiger charge is -2.26. The molecule has 2 heterocycles. The highest BCUT2D eigenvalue weighted by atomic mass is 16.3. The topological polar surface area (TPSA) is 110 Å². The number of pyridine rings is 2. The Balaban J connectivity index is 1.35. The van der Waals surface area contributed by atoms with Gasteiger partial charge < -0.3 is 20.7 Å². The quantitative estimate of drug-likeness (QED) is 0.413. The Morgan fingerprint density at radius 3 is 2.63 bits per heavy atom. The molecule has 2 aromatic heterocycles. The number of hydrogen-bond donors (Lipinski definition) is 3. The molecule has 4 N–H and O–H groups in total. The van der Waals surface area contributed by atoms with Crippen molar-refractivity contribution in [3.05, 3.63) is 94.5 Å². The lowest BCUT2D eigenvalue weighted by molar-refractivity contribution is 0.0867. The van der Waals surface area contributed by atoms with Crippen LogP contribution in [0.15, 0.2) is 77.9 Å². The molecule has 0 unspecified atom stereocenters. The molecule has 2 aromatic carbocycles. The first-order valence-corrected chi connectivity index (χ1v) is 11.9. The average molecular weight is 469 g/mol. The molecule has 1 fully saturated rings. The number of carbonyl (C=O) groups excluding carboxylic acids is 1. The maximum absolute atomic E-state index is 13.2. The van der Waals surface area contributed by atoms with Crippen LogP contribution in [0.3, 0.4) is 0 Å². The number of anilines is 1. The molecule has 7 heteroatoms. The largest absolute Gasteiger partial charge is 0.393 e. The number of benzene rings is 2. The second-order valence-electron chi connectivity index (χ2n) is 9.20. The number of amides is 1. The zero-order valence-electron chi connectivity index (χ0n) is 19.4. The van der Waals surface area contributed by atoms with E-state index in [0.717, 1.165) is 34.9 Å². The molecule has 1 aliphatic rings. The van der Waals surface area contributed by atoms with Crippen molar-refractivity contribution in [1.29, 1.82) is 0 Å². The fourth-order valence-electron chi connectivity index (χ4n) is 4.72. The zero-order chi connectivity index (χ0) is 24.4. The van der Waals surface area contributed by atoms with E-state index in [1.165, 1.54) is 0 Å². The third kappa shape index (κ3) is 5.10. The molecule has 178 valence electrons. The van der Waals surface area contributed by atoms with Crippen molar-refractivity contribution in [2.75, 3.05) is 5.73 Å². The first-order chi connectivity index (χ1) is 17.0. The molecule has 0 spiro atoms. The van der Waals surface area contributed by atoms with E-state index in [4.69, 9.17) is 5.73 Å². The molecule has 5 rings (SSSR count). The van der Waals surface area contributed by atoms with Gasteiger partial charge in [-0.1, -0.05) is 18.2 Å². The van der Waals surface area contributed by atoms with Gasteiger partial charge in [0.1, 0.15) is 5.82 Å². The van der Waals surface area contributed by atoms with Gasteiger partial charge in [0.2, 0.25) is 0 Å². The van der Waals surface area contributed by atoms with Crippen LogP contribution in [0.25, 0.3) is 21.9 Å². The number of rotatable bonds is 5. The molecule has 0 saturated heterocycles. The average Bonchev–Trinajstić information content (AvgIpc) is 2.87. The second kappa shape index (κ2) is 9.72. The molecular formula is C28H28N4O3. The van der Waals surface area contributed by atoms with Crippen molar-refractivity contribution in [2.45, 2.75) is 44.4 Å². The molecule has 0 bridgehead atoms. The van der Waals surface area contributed by atoms with Gasteiger partial charge in [-0.2, -0.15) is 0 Å². The molecule has 7 nitrogen and oxygen atoms in total. The van der Waals surface area contributed by atoms with Crippen LogP contribution in [0.1, 0.15) is 41.6 Å². The zero-order valence-corrected chi connectivity index (χ0v) is 19.4. The highest BCUT2D eigenvalue weighted by Gasteiger charge is 2.21. The van der Waals surface area contributed by atoms with Gasteiger partial charge in [-0.15, -0.1) is 0 Å². The number of fused-ring (bicyclic) bond motifs is 1. The van der Waals surface area contributed by atoms with Crippen LogP contribution >= 0.6 is 0 Å². The van der Waals surface area contributed by atoms with Crippen LogP contribution in [-0.4, -0.2) is 32.7 Å². The third-order valence-electron chi connectivity index (χ3n) is 6.67. The van der Waals surface area contributed by atoms with Crippen LogP contribution in [0.5, 0.6) is 0 Å². The molecular weight excluding hydrogens is 440 g/mol. The highest BCUT2D eigenvalue weighted by molar-refractivity contribution is 5.94. The second-order valence-corrected chi connectivity index (χ2v) is 9.20. The Labute approximate surface area is 203 Å². The number of nitrogens with two attached hydrogens (primary N) is 1. The summed E-state index contributed by atoms with van der Waals surface area (Å²) in [6, 6.07) is 18.8. The van der Waals surface area contributed by atoms with Crippen molar-refractivity contribution >= 4 is 22.5 Å². The molecule has 0 aliphatic heterocycles. The van der Waals surface area contributed by atoms with Gasteiger partial charge in [-0.25, -0.2) is 4.98 Å². The number of nitrogen functional groups attached to an aromatic ring is 1. The summed E-state index contributed by atoms with van der Waals surface area (Å²) in [7, 11) is 0. The van der Waals surface area contributed by atoms with Crippen molar-refractivity contribution in [3.8, 4) is 11.1 Å². The van der Waals surface area contributed by atoms with Gasteiger partial charge in [0, 0.05) is 29.4 Å². The smallest absolute Gasteiger partial charge is 0.258 e. The Bertz CT molecular complexity index is 1440. The summed E-state index contributed by atoms with van der Waals surface area (Å²) in [5.74, 6) is 0.329. The standard InChI is InChI=1S/C28H28N4O3/c29-26-16-20(10-12-30-26)19-4-9-25-21(15-19)11-13-32(28(25)35)17-18-2-1-3-22(14-18)27(34)31-23-5-7-24(33)8-6-23/h1-4,9-16,23-24,33H,5-8,17H2,(H2,29,30)(H,31,34). The van der Waals surface area contributed by atoms with Crippen LogP contribution in [0.2, 0.25) is 0 Å². The van der Waals surface area contributed by atoms with Crippen LogP contribution in [-0.2, 0) is 6.54 Å². The summed E-state index contributed by atoms with van der Waals surface area (Å²) < 4.78 is 1.66. The summed E-state index contributed by atoms with van der Waals surface area (Å²) in [5, 5.41) is 14.2. The van der Waals surface area contributed by atoms with E-state index in [1.807, 2.05) is 54.6 Å². The number of aliphatic hydroxyl groups excluding tert-OH is 1. The molecule has 1 aliphatic carbocycles. The third-order valence-corrected chi connectivity index (χ3v) is 6.67.